The standard InChI is InChI=1S/C17H22O6/c1-7-5-11(22-9(3)18)13-8(2)16(20)23-15(13)14-10(7)6-12(19)17(14,4)21/h5-6,8,11-15,19,21H,1-4H3/t8-,11-,12+,13?,14?,15-,17+/m0/s1. The lowest BCUT2D eigenvalue weighted by Crippen LogP contribution is -2.49. The van der Waals surface area contributed by atoms with Crippen LogP contribution in [0.2, 0.25) is 0 Å². The number of rotatable bonds is 1. The third kappa shape index (κ3) is 2.32. The van der Waals surface area contributed by atoms with Gasteiger partial charge in [0.15, 0.2) is 0 Å². The quantitative estimate of drug-likeness (QED) is 0.691. The fraction of sp³-hybridized carbons (Fsp3) is 0.647. The van der Waals surface area contributed by atoms with Gasteiger partial charge in [0, 0.05) is 6.92 Å². The van der Waals surface area contributed by atoms with Crippen molar-refractivity contribution in [3.8, 4) is 0 Å². The zero-order valence-corrected chi connectivity index (χ0v) is 13.6. The first-order chi connectivity index (χ1) is 10.6. The van der Waals surface area contributed by atoms with Crippen LogP contribution in [-0.4, -0.2) is 46.1 Å². The molecule has 0 aromatic rings. The smallest absolute Gasteiger partial charge is 0.309 e. The molecule has 1 heterocycles. The van der Waals surface area contributed by atoms with E-state index in [0.717, 1.165) is 11.1 Å². The molecule has 1 aliphatic heterocycles. The van der Waals surface area contributed by atoms with Gasteiger partial charge in [-0.05, 0) is 37.1 Å². The van der Waals surface area contributed by atoms with Crippen LogP contribution in [0, 0.1) is 17.8 Å². The maximum atomic E-state index is 12.1. The summed E-state index contributed by atoms with van der Waals surface area (Å²) < 4.78 is 11.0. The average Bonchev–Trinajstić information content (AvgIpc) is 2.79. The van der Waals surface area contributed by atoms with Gasteiger partial charge in [-0.3, -0.25) is 9.59 Å². The summed E-state index contributed by atoms with van der Waals surface area (Å²) in [6, 6.07) is 0. The highest BCUT2D eigenvalue weighted by Gasteiger charge is 2.60. The molecule has 0 spiro atoms. The summed E-state index contributed by atoms with van der Waals surface area (Å²) in [5.41, 5.74) is 0.118. The molecule has 0 radical (unpaired) electrons. The van der Waals surface area contributed by atoms with E-state index in [9.17, 15) is 19.8 Å². The molecule has 6 nitrogen and oxygen atoms in total. The topological polar surface area (TPSA) is 93.1 Å². The summed E-state index contributed by atoms with van der Waals surface area (Å²) in [7, 11) is 0. The van der Waals surface area contributed by atoms with E-state index in [4.69, 9.17) is 9.47 Å². The number of aliphatic hydroxyl groups is 2. The highest BCUT2D eigenvalue weighted by atomic mass is 16.6. The van der Waals surface area contributed by atoms with E-state index in [-0.39, 0.29) is 5.97 Å². The minimum atomic E-state index is -1.44. The van der Waals surface area contributed by atoms with E-state index >= 15 is 0 Å². The Morgan fingerprint density at radius 2 is 2.04 bits per heavy atom. The molecule has 23 heavy (non-hydrogen) atoms. The van der Waals surface area contributed by atoms with Gasteiger partial charge in [-0.1, -0.05) is 6.92 Å². The number of hydrogen-bond acceptors (Lipinski definition) is 6. The van der Waals surface area contributed by atoms with Gasteiger partial charge in [0.1, 0.15) is 23.9 Å². The highest BCUT2D eigenvalue weighted by molar-refractivity contribution is 5.76. The fourth-order valence-corrected chi connectivity index (χ4v) is 4.11. The van der Waals surface area contributed by atoms with Crippen molar-refractivity contribution in [2.45, 2.75) is 51.6 Å². The van der Waals surface area contributed by atoms with E-state index in [1.807, 2.05) is 6.92 Å². The van der Waals surface area contributed by atoms with Gasteiger partial charge >= 0.3 is 11.9 Å². The minimum absolute atomic E-state index is 0.373. The lowest BCUT2D eigenvalue weighted by atomic mass is 9.75. The number of fused-ring (bicyclic) bond motifs is 3. The van der Waals surface area contributed by atoms with Crippen LogP contribution in [0.5, 0.6) is 0 Å². The molecule has 7 atom stereocenters. The molecule has 0 bridgehead atoms. The zero-order chi connectivity index (χ0) is 17.1. The van der Waals surface area contributed by atoms with Gasteiger partial charge in [0.05, 0.1) is 17.8 Å². The summed E-state index contributed by atoms with van der Waals surface area (Å²) in [5, 5.41) is 20.9. The predicted molar refractivity (Wildman–Crippen MR) is 80.0 cm³/mol. The van der Waals surface area contributed by atoms with Crippen molar-refractivity contribution in [1.82, 2.24) is 0 Å². The van der Waals surface area contributed by atoms with Gasteiger partial charge in [0.2, 0.25) is 0 Å². The van der Waals surface area contributed by atoms with Gasteiger partial charge in [-0.15, -0.1) is 0 Å². The van der Waals surface area contributed by atoms with Crippen LogP contribution in [0.3, 0.4) is 0 Å². The molecule has 0 aromatic carbocycles. The Balaban J connectivity index is 2.12. The summed E-state index contributed by atoms with van der Waals surface area (Å²) in [5.74, 6) is -2.21. The molecule has 0 aromatic heterocycles. The molecular formula is C17H22O6. The van der Waals surface area contributed by atoms with Crippen LogP contribution in [0.1, 0.15) is 27.7 Å². The maximum absolute atomic E-state index is 12.1. The monoisotopic (exact) mass is 322 g/mol. The van der Waals surface area contributed by atoms with Crippen molar-refractivity contribution in [2.75, 3.05) is 0 Å². The fourth-order valence-electron chi connectivity index (χ4n) is 4.11. The molecule has 2 N–H and O–H groups in total. The normalized spacial score (nSPS) is 45.4. The first-order valence-corrected chi connectivity index (χ1v) is 7.83. The van der Waals surface area contributed by atoms with Crippen LogP contribution in [0.15, 0.2) is 23.3 Å². The Morgan fingerprint density at radius 3 is 2.65 bits per heavy atom. The zero-order valence-electron chi connectivity index (χ0n) is 13.6. The Kier molecular flexibility index (Phi) is 3.65. The molecule has 1 fully saturated rings. The van der Waals surface area contributed by atoms with E-state index in [0.29, 0.717) is 0 Å². The van der Waals surface area contributed by atoms with Crippen molar-refractivity contribution >= 4 is 11.9 Å². The summed E-state index contributed by atoms with van der Waals surface area (Å²) >= 11 is 0. The molecule has 0 saturated carbocycles. The van der Waals surface area contributed by atoms with Crippen molar-refractivity contribution in [2.24, 2.45) is 17.8 Å². The van der Waals surface area contributed by atoms with Crippen LogP contribution in [-0.2, 0) is 19.1 Å². The number of aliphatic hydroxyl groups excluding tert-OH is 1. The minimum Gasteiger partial charge on any atom is -0.461 e. The van der Waals surface area contributed by atoms with Gasteiger partial charge < -0.3 is 19.7 Å². The van der Waals surface area contributed by atoms with Gasteiger partial charge in [-0.25, -0.2) is 0 Å². The Hall–Kier alpha value is -1.66. The van der Waals surface area contributed by atoms with E-state index in [1.165, 1.54) is 6.92 Å². The molecule has 1 saturated heterocycles. The third-order valence-corrected chi connectivity index (χ3v) is 5.36. The van der Waals surface area contributed by atoms with Crippen molar-refractivity contribution in [1.29, 1.82) is 0 Å². The molecule has 2 unspecified atom stereocenters. The van der Waals surface area contributed by atoms with E-state index in [1.54, 1.807) is 26.0 Å². The van der Waals surface area contributed by atoms with Crippen LogP contribution in [0.4, 0.5) is 0 Å². The lowest BCUT2D eigenvalue weighted by Gasteiger charge is -2.36. The molecule has 0 amide bonds. The molecule has 6 heteroatoms. The first-order valence-electron chi connectivity index (χ1n) is 7.83. The molecule has 2 aliphatic carbocycles. The van der Waals surface area contributed by atoms with Crippen molar-refractivity contribution < 1.29 is 29.3 Å². The Bertz CT molecular complexity index is 617. The largest absolute Gasteiger partial charge is 0.461 e. The van der Waals surface area contributed by atoms with Crippen molar-refractivity contribution in [3.05, 3.63) is 23.3 Å². The summed E-state index contributed by atoms with van der Waals surface area (Å²) in [6.07, 6.45) is 1.11. The number of carbonyl (C=O) groups excluding carboxylic acids is 2. The molecule has 126 valence electrons. The molecule has 3 rings (SSSR count). The van der Waals surface area contributed by atoms with E-state index < -0.39 is 47.6 Å². The second kappa shape index (κ2) is 5.18. The van der Waals surface area contributed by atoms with Crippen LogP contribution in [0.25, 0.3) is 0 Å². The van der Waals surface area contributed by atoms with E-state index in [2.05, 4.69) is 0 Å². The second-order valence-corrected chi connectivity index (χ2v) is 6.96. The van der Waals surface area contributed by atoms with Crippen LogP contribution >= 0.6 is 0 Å². The number of carbonyl (C=O) groups is 2. The second-order valence-electron chi connectivity index (χ2n) is 6.96. The van der Waals surface area contributed by atoms with Gasteiger partial charge in [-0.2, -0.15) is 0 Å². The lowest BCUT2D eigenvalue weighted by molar-refractivity contribution is -0.153. The SMILES string of the molecule is CC(=O)O[C@H]1C=C(C)C2=C[C@@H](O)[C@@](C)(O)C2[C@H]2OC(=O)[C@@H](C)C21. The average molecular weight is 322 g/mol. The van der Waals surface area contributed by atoms with Gasteiger partial charge in [0.25, 0.3) is 0 Å². The molecular weight excluding hydrogens is 300 g/mol. The molecule has 3 aliphatic rings. The number of hydrogen-bond donors (Lipinski definition) is 2. The number of esters is 2. The third-order valence-electron chi connectivity index (χ3n) is 5.36. The van der Waals surface area contributed by atoms with Crippen molar-refractivity contribution in [3.63, 3.8) is 0 Å². The summed E-state index contributed by atoms with van der Waals surface area (Å²) in [4.78, 5) is 23.6. The number of ether oxygens (including phenoxy) is 2. The van der Waals surface area contributed by atoms with Crippen LogP contribution < -0.4 is 0 Å². The number of allylic oxidation sites excluding steroid dienone is 1. The Morgan fingerprint density at radius 1 is 1.39 bits per heavy atom. The Labute approximate surface area is 134 Å². The first kappa shape index (κ1) is 16.2. The highest BCUT2D eigenvalue weighted by Crippen LogP contribution is 2.50. The predicted octanol–water partition coefficient (Wildman–Crippen LogP) is 0.724. The maximum Gasteiger partial charge on any atom is 0.309 e. The summed E-state index contributed by atoms with van der Waals surface area (Å²) in [6.45, 7) is 6.45.